The highest BCUT2D eigenvalue weighted by Gasteiger charge is 2.28. The molecule has 0 radical (unpaired) electrons. The summed E-state index contributed by atoms with van der Waals surface area (Å²) in [4.78, 5) is 12.6. The Bertz CT molecular complexity index is 637. The Morgan fingerprint density at radius 3 is 2.76 bits per heavy atom. The molecule has 0 spiro atoms. The van der Waals surface area contributed by atoms with Crippen LogP contribution in [0.15, 0.2) is 35.7 Å². The van der Waals surface area contributed by atoms with Gasteiger partial charge in [0.2, 0.25) is 0 Å². The Balaban J connectivity index is 1.76. The van der Waals surface area contributed by atoms with E-state index in [9.17, 15) is 4.79 Å². The van der Waals surface area contributed by atoms with E-state index in [0.29, 0.717) is 16.6 Å². The van der Waals surface area contributed by atoms with E-state index in [4.69, 9.17) is 11.6 Å². The molecule has 3 rings (SSSR count). The molecular weight excluding hydrogens is 306 g/mol. The van der Waals surface area contributed by atoms with Gasteiger partial charge in [0.25, 0.3) is 0 Å². The average Bonchev–Trinajstić information content (AvgIpc) is 3.24. The number of Topliss-reactive ketones (excluding diaryl/α,β-unsaturated/α-hetero) is 1. The number of aromatic nitrogens is 3. The van der Waals surface area contributed by atoms with Crippen molar-refractivity contribution < 1.29 is 4.79 Å². The summed E-state index contributed by atoms with van der Waals surface area (Å²) in [6.07, 6.45) is 4.87. The third-order valence-electron chi connectivity index (χ3n) is 3.52. The van der Waals surface area contributed by atoms with E-state index in [-0.39, 0.29) is 11.0 Å². The average molecular weight is 322 g/mol. The lowest BCUT2D eigenvalue weighted by atomic mass is 10.1. The predicted molar refractivity (Wildman–Crippen MR) is 84.0 cm³/mol. The fourth-order valence-corrected chi connectivity index (χ4v) is 3.37. The van der Waals surface area contributed by atoms with Crippen molar-refractivity contribution in [3.63, 3.8) is 0 Å². The Hall–Kier alpha value is -1.33. The fourth-order valence-electron chi connectivity index (χ4n) is 2.17. The van der Waals surface area contributed by atoms with Crippen LogP contribution in [0.25, 0.3) is 0 Å². The van der Waals surface area contributed by atoms with Gasteiger partial charge in [0.1, 0.15) is 6.33 Å². The first-order chi connectivity index (χ1) is 10.2. The van der Waals surface area contributed by atoms with Crippen molar-refractivity contribution >= 4 is 29.1 Å². The summed E-state index contributed by atoms with van der Waals surface area (Å²) in [5.41, 5.74) is 0.691. The fraction of sp³-hybridized carbons (Fsp3) is 0.400. The van der Waals surface area contributed by atoms with Crippen molar-refractivity contribution in [2.45, 2.75) is 42.6 Å². The molecule has 1 fully saturated rings. The van der Waals surface area contributed by atoms with Crippen molar-refractivity contribution in [1.29, 1.82) is 0 Å². The predicted octanol–water partition coefficient (Wildman–Crippen LogP) is 4.02. The molecule has 1 aliphatic rings. The summed E-state index contributed by atoms with van der Waals surface area (Å²) in [6.45, 7) is 2.02. The minimum Gasteiger partial charge on any atom is -0.306 e. The van der Waals surface area contributed by atoms with E-state index < -0.39 is 0 Å². The van der Waals surface area contributed by atoms with Gasteiger partial charge < -0.3 is 4.57 Å². The maximum Gasteiger partial charge on any atom is 0.191 e. The Morgan fingerprint density at radius 2 is 2.14 bits per heavy atom. The second-order valence-corrected chi connectivity index (χ2v) is 6.74. The highest BCUT2D eigenvalue weighted by molar-refractivity contribution is 8.00. The van der Waals surface area contributed by atoms with E-state index >= 15 is 0 Å². The van der Waals surface area contributed by atoms with Crippen LogP contribution in [0.5, 0.6) is 0 Å². The molecule has 0 aliphatic heterocycles. The van der Waals surface area contributed by atoms with Gasteiger partial charge >= 0.3 is 0 Å². The van der Waals surface area contributed by atoms with E-state index in [2.05, 4.69) is 14.8 Å². The minimum absolute atomic E-state index is 0.115. The van der Waals surface area contributed by atoms with Crippen LogP contribution >= 0.6 is 23.4 Å². The van der Waals surface area contributed by atoms with Crippen LogP contribution in [0.3, 0.4) is 0 Å². The minimum atomic E-state index is -0.145. The number of carbonyl (C=O) groups excluding carboxylic acids is 1. The van der Waals surface area contributed by atoms with Gasteiger partial charge in [-0.2, -0.15) is 0 Å². The molecule has 6 heteroatoms. The third kappa shape index (κ3) is 3.30. The zero-order valence-corrected chi connectivity index (χ0v) is 13.3. The first-order valence-corrected chi connectivity index (χ1v) is 8.30. The van der Waals surface area contributed by atoms with E-state index in [1.165, 1.54) is 24.6 Å². The largest absolute Gasteiger partial charge is 0.306 e. The molecule has 0 amide bonds. The zero-order chi connectivity index (χ0) is 14.8. The third-order valence-corrected chi connectivity index (χ3v) is 5.11. The van der Waals surface area contributed by atoms with Crippen LogP contribution in [0, 0.1) is 0 Å². The number of ketones is 1. The van der Waals surface area contributed by atoms with Gasteiger partial charge in [-0.1, -0.05) is 30.3 Å². The maximum atomic E-state index is 12.6. The van der Waals surface area contributed by atoms with Gasteiger partial charge in [0.05, 0.1) is 5.25 Å². The molecule has 1 heterocycles. The van der Waals surface area contributed by atoms with Crippen molar-refractivity contribution in [3.05, 3.63) is 41.2 Å². The standard InChI is InChI=1S/C15H16ClN3OS/c1-2-13(14(20)10-3-5-11(16)6-4-10)21-15-18-17-9-19(15)12-7-8-12/h3-6,9,12-13H,2,7-8H2,1H3. The monoisotopic (exact) mass is 321 g/mol. The quantitative estimate of drug-likeness (QED) is 0.595. The molecular formula is C15H16ClN3OS. The molecule has 4 nitrogen and oxygen atoms in total. The molecule has 1 atom stereocenters. The Morgan fingerprint density at radius 1 is 1.43 bits per heavy atom. The number of carbonyl (C=O) groups is 1. The zero-order valence-electron chi connectivity index (χ0n) is 11.7. The van der Waals surface area contributed by atoms with Crippen LogP contribution < -0.4 is 0 Å². The van der Waals surface area contributed by atoms with Crippen LogP contribution in [0.1, 0.15) is 42.6 Å². The van der Waals surface area contributed by atoms with E-state index in [1.54, 1.807) is 30.6 Å². The molecule has 1 aliphatic carbocycles. The number of hydrogen-bond donors (Lipinski definition) is 0. The Labute approximate surface area is 132 Å². The lowest BCUT2D eigenvalue weighted by Gasteiger charge is -2.13. The molecule has 1 saturated carbocycles. The van der Waals surface area contributed by atoms with Crippen molar-refractivity contribution in [3.8, 4) is 0 Å². The summed E-state index contributed by atoms with van der Waals surface area (Å²) in [5.74, 6) is 0.115. The van der Waals surface area contributed by atoms with Crippen LogP contribution in [0.2, 0.25) is 5.02 Å². The molecule has 1 aromatic heterocycles. The highest BCUT2D eigenvalue weighted by atomic mass is 35.5. The molecule has 0 N–H and O–H groups in total. The van der Waals surface area contributed by atoms with Gasteiger partial charge in [-0.15, -0.1) is 10.2 Å². The first kappa shape index (κ1) is 14.6. The summed E-state index contributed by atoms with van der Waals surface area (Å²) in [6, 6.07) is 7.57. The second kappa shape index (κ2) is 6.20. The number of benzene rings is 1. The van der Waals surface area contributed by atoms with Gasteiger partial charge in [0, 0.05) is 16.6 Å². The highest BCUT2D eigenvalue weighted by Crippen LogP contribution is 2.38. The van der Waals surface area contributed by atoms with Gasteiger partial charge in [0.15, 0.2) is 10.9 Å². The SMILES string of the molecule is CCC(Sc1nncn1C1CC1)C(=O)c1ccc(Cl)cc1. The van der Waals surface area contributed by atoms with Gasteiger partial charge in [-0.25, -0.2) is 0 Å². The molecule has 2 aromatic rings. The molecule has 110 valence electrons. The van der Waals surface area contributed by atoms with Crippen molar-refractivity contribution in [1.82, 2.24) is 14.8 Å². The molecule has 1 aromatic carbocycles. The number of thioether (sulfide) groups is 1. The number of hydrogen-bond acceptors (Lipinski definition) is 4. The lowest BCUT2D eigenvalue weighted by molar-refractivity contribution is 0.0988. The summed E-state index contributed by atoms with van der Waals surface area (Å²) < 4.78 is 2.09. The first-order valence-electron chi connectivity index (χ1n) is 7.05. The summed E-state index contributed by atoms with van der Waals surface area (Å²) >= 11 is 7.37. The number of halogens is 1. The second-order valence-electron chi connectivity index (χ2n) is 5.14. The van der Waals surface area contributed by atoms with Crippen molar-refractivity contribution in [2.24, 2.45) is 0 Å². The van der Waals surface area contributed by atoms with E-state index in [0.717, 1.165) is 11.6 Å². The van der Waals surface area contributed by atoms with Crippen LogP contribution in [0.4, 0.5) is 0 Å². The van der Waals surface area contributed by atoms with Gasteiger partial charge in [-0.05, 0) is 43.5 Å². The van der Waals surface area contributed by atoms with E-state index in [1.807, 2.05) is 6.92 Å². The Kier molecular flexibility index (Phi) is 4.31. The van der Waals surface area contributed by atoms with Gasteiger partial charge in [-0.3, -0.25) is 4.79 Å². The molecule has 0 bridgehead atoms. The molecule has 21 heavy (non-hydrogen) atoms. The van der Waals surface area contributed by atoms with Crippen LogP contribution in [-0.2, 0) is 0 Å². The number of nitrogens with zero attached hydrogens (tertiary/aromatic N) is 3. The summed E-state index contributed by atoms with van der Waals surface area (Å²) in [7, 11) is 0. The molecule has 1 unspecified atom stereocenters. The van der Waals surface area contributed by atoms with Crippen LogP contribution in [-0.4, -0.2) is 25.8 Å². The normalized spacial score (nSPS) is 15.9. The summed E-state index contributed by atoms with van der Waals surface area (Å²) in [5, 5.41) is 9.47. The number of rotatable bonds is 6. The van der Waals surface area contributed by atoms with Crippen molar-refractivity contribution in [2.75, 3.05) is 0 Å². The topological polar surface area (TPSA) is 47.8 Å². The smallest absolute Gasteiger partial charge is 0.191 e. The molecule has 0 saturated heterocycles. The lowest BCUT2D eigenvalue weighted by Crippen LogP contribution is -2.17. The maximum absolute atomic E-state index is 12.6.